The summed E-state index contributed by atoms with van der Waals surface area (Å²) in [6, 6.07) is 2.61. The minimum absolute atomic E-state index is 0.0641. The van der Waals surface area contributed by atoms with Crippen LogP contribution < -0.4 is 0 Å². The smallest absolute Gasteiger partial charge is 0.406 e. The number of carboxylic acids is 1. The van der Waals surface area contributed by atoms with Crippen molar-refractivity contribution in [3.63, 3.8) is 0 Å². The molecule has 1 rings (SSSR count). The molecule has 0 saturated heterocycles. The van der Waals surface area contributed by atoms with Crippen molar-refractivity contribution in [1.29, 1.82) is 0 Å². The standard InChI is InChI=1S/C11H13F3N2O3/c1-15(6-4-9(17)18)10(19)8-3-2-5-16(8)7-11(12,13)14/h2-3,5H,4,6-7H2,1H3,(H,17,18). The summed E-state index contributed by atoms with van der Waals surface area (Å²) in [7, 11) is 1.34. The predicted molar refractivity (Wildman–Crippen MR) is 59.7 cm³/mol. The highest BCUT2D eigenvalue weighted by atomic mass is 19.4. The molecule has 0 unspecified atom stereocenters. The predicted octanol–water partition coefficient (Wildman–Crippen LogP) is 1.60. The molecule has 0 atom stereocenters. The number of hydrogen-bond acceptors (Lipinski definition) is 2. The highest BCUT2D eigenvalue weighted by Crippen LogP contribution is 2.19. The lowest BCUT2D eigenvalue weighted by Crippen LogP contribution is -2.31. The first-order valence-corrected chi connectivity index (χ1v) is 5.40. The maximum atomic E-state index is 12.3. The van der Waals surface area contributed by atoms with Crippen LogP contribution in [0.2, 0.25) is 0 Å². The van der Waals surface area contributed by atoms with Crippen LogP contribution in [0.25, 0.3) is 0 Å². The molecule has 0 saturated carbocycles. The van der Waals surface area contributed by atoms with E-state index in [0.717, 1.165) is 15.7 Å². The van der Waals surface area contributed by atoms with Crippen molar-refractivity contribution in [2.45, 2.75) is 19.1 Å². The zero-order valence-corrected chi connectivity index (χ0v) is 10.1. The first-order valence-electron chi connectivity index (χ1n) is 5.40. The molecule has 0 aliphatic carbocycles. The molecule has 0 bridgehead atoms. The number of hydrogen-bond donors (Lipinski definition) is 1. The monoisotopic (exact) mass is 278 g/mol. The summed E-state index contributed by atoms with van der Waals surface area (Å²) < 4.78 is 37.7. The lowest BCUT2D eigenvalue weighted by Gasteiger charge is -2.18. The molecular weight excluding hydrogens is 265 g/mol. The van der Waals surface area contributed by atoms with Gasteiger partial charge in [-0.15, -0.1) is 0 Å². The van der Waals surface area contributed by atoms with E-state index < -0.39 is 24.6 Å². The van der Waals surface area contributed by atoms with E-state index in [2.05, 4.69) is 0 Å². The Kier molecular flexibility index (Phi) is 4.57. The van der Waals surface area contributed by atoms with Crippen LogP contribution in [0, 0.1) is 0 Å². The van der Waals surface area contributed by atoms with E-state index in [0.29, 0.717) is 0 Å². The van der Waals surface area contributed by atoms with Crippen LogP contribution in [0.15, 0.2) is 18.3 Å². The number of nitrogens with zero attached hydrogens (tertiary/aromatic N) is 2. The number of carbonyl (C=O) groups excluding carboxylic acids is 1. The Bertz CT molecular complexity index is 468. The van der Waals surface area contributed by atoms with Crippen LogP contribution >= 0.6 is 0 Å². The summed E-state index contributed by atoms with van der Waals surface area (Å²) in [6.45, 7) is -1.32. The van der Waals surface area contributed by atoms with E-state index in [-0.39, 0.29) is 18.7 Å². The van der Waals surface area contributed by atoms with Gasteiger partial charge in [0.25, 0.3) is 5.91 Å². The largest absolute Gasteiger partial charge is 0.481 e. The van der Waals surface area contributed by atoms with Crippen LogP contribution in [0.5, 0.6) is 0 Å². The molecule has 1 aromatic heterocycles. The number of rotatable bonds is 5. The van der Waals surface area contributed by atoms with Gasteiger partial charge in [0.15, 0.2) is 0 Å². The Hall–Kier alpha value is -1.99. The van der Waals surface area contributed by atoms with Crippen molar-refractivity contribution >= 4 is 11.9 Å². The van der Waals surface area contributed by atoms with Gasteiger partial charge in [-0.05, 0) is 12.1 Å². The second-order valence-electron chi connectivity index (χ2n) is 4.01. The second-order valence-corrected chi connectivity index (χ2v) is 4.01. The van der Waals surface area contributed by atoms with Gasteiger partial charge in [0.05, 0.1) is 6.42 Å². The molecule has 1 heterocycles. The first-order chi connectivity index (χ1) is 8.70. The number of amides is 1. The zero-order chi connectivity index (χ0) is 14.6. The molecule has 1 amide bonds. The third-order valence-electron chi connectivity index (χ3n) is 2.41. The van der Waals surface area contributed by atoms with Crippen molar-refractivity contribution in [3.8, 4) is 0 Å². The highest BCUT2D eigenvalue weighted by Gasteiger charge is 2.29. The fraction of sp³-hybridized carbons (Fsp3) is 0.455. The molecule has 0 aliphatic heterocycles. The molecule has 19 heavy (non-hydrogen) atoms. The van der Waals surface area contributed by atoms with Crippen LogP contribution in [0.1, 0.15) is 16.9 Å². The van der Waals surface area contributed by atoms with Crippen molar-refractivity contribution in [3.05, 3.63) is 24.0 Å². The number of carbonyl (C=O) groups is 2. The number of halogens is 3. The third-order valence-corrected chi connectivity index (χ3v) is 2.41. The van der Waals surface area contributed by atoms with Gasteiger partial charge in [-0.25, -0.2) is 0 Å². The normalized spacial score (nSPS) is 11.4. The molecular formula is C11H13F3N2O3. The SMILES string of the molecule is CN(CCC(=O)O)C(=O)c1cccn1CC(F)(F)F. The van der Waals surface area contributed by atoms with Gasteiger partial charge in [0.2, 0.25) is 0 Å². The fourth-order valence-electron chi connectivity index (χ4n) is 1.50. The maximum absolute atomic E-state index is 12.3. The van der Waals surface area contributed by atoms with Crippen LogP contribution in [0.4, 0.5) is 13.2 Å². The topological polar surface area (TPSA) is 62.5 Å². The summed E-state index contributed by atoms with van der Waals surface area (Å²) in [5.74, 6) is -1.72. The van der Waals surface area contributed by atoms with E-state index in [4.69, 9.17) is 5.11 Å². The van der Waals surface area contributed by atoms with Gasteiger partial charge >= 0.3 is 12.1 Å². The molecule has 0 radical (unpaired) electrons. The minimum atomic E-state index is -4.42. The minimum Gasteiger partial charge on any atom is -0.481 e. The Morgan fingerprint density at radius 1 is 1.42 bits per heavy atom. The summed E-state index contributed by atoms with van der Waals surface area (Å²) in [4.78, 5) is 23.3. The highest BCUT2D eigenvalue weighted by molar-refractivity contribution is 5.92. The van der Waals surface area contributed by atoms with Crippen LogP contribution in [-0.2, 0) is 11.3 Å². The molecule has 5 nitrogen and oxygen atoms in total. The van der Waals surface area contributed by atoms with Gasteiger partial charge < -0.3 is 14.6 Å². The molecule has 0 aliphatic rings. The van der Waals surface area contributed by atoms with Gasteiger partial charge in [0.1, 0.15) is 12.2 Å². The quantitative estimate of drug-likeness (QED) is 0.889. The van der Waals surface area contributed by atoms with Crippen molar-refractivity contribution in [2.24, 2.45) is 0 Å². The Morgan fingerprint density at radius 3 is 2.58 bits per heavy atom. The lowest BCUT2D eigenvalue weighted by atomic mass is 10.3. The van der Waals surface area contributed by atoms with Gasteiger partial charge in [-0.2, -0.15) is 13.2 Å². The number of carboxylic acid groups (broad SMARTS) is 1. The Balaban J connectivity index is 2.77. The van der Waals surface area contributed by atoms with Gasteiger partial charge in [-0.3, -0.25) is 9.59 Å². The van der Waals surface area contributed by atoms with E-state index in [1.54, 1.807) is 0 Å². The first kappa shape index (κ1) is 15.1. The Morgan fingerprint density at radius 2 is 2.05 bits per heavy atom. The van der Waals surface area contributed by atoms with E-state index in [1.807, 2.05) is 0 Å². The number of aliphatic carboxylic acids is 1. The average molecular weight is 278 g/mol. The summed E-state index contributed by atoms with van der Waals surface area (Å²) in [6.07, 6.45) is -3.53. The average Bonchev–Trinajstić information content (AvgIpc) is 2.70. The van der Waals surface area contributed by atoms with E-state index in [1.165, 1.54) is 19.2 Å². The maximum Gasteiger partial charge on any atom is 0.406 e. The summed E-state index contributed by atoms with van der Waals surface area (Å²) >= 11 is 0. The number of alkyl halides is 3. The third kappa shape index (κ3) is 4.65. The summed E-state index contributed by atoms with van der Waals surface area (Å²) in [5.41, 5.74) is -0.120. The molecule has 0 fully saturated rings. The zero-order valence-electron chi connectivity index (χ0n) is 10.1. The molecule has 8 heteroatoms. The summed E-state index contributed by atoms with van der Waals surface area (Å²) in [5, 5.41) is 8.49. The van der Waals surface area contributed by atoms with Crippen LogP contribution in [0.3, 0.4) is 0 Å². The van der Waals surface area contributed by atoms with E-state index >= 15 is 0 Å². The van der Waals surface area contributed by atoms with Crippen molar-refractivity contribution in [2.75, 3.05) is 13.6 Å². The second kappa shape index (κ2) is 5.77. The van der Waals surface area contributed by atoms with Crippen molar-refractivity contribution in [1.82, 2.24) is 9.47 Å². The molecule has 0 spiro atoms. The molecule has 1 aromatic rings. The van der Waals surface area contributed by atoms with Crippen molar-refractivity contribution < 1.29 is 27.9 Å². The lowest BCUT2D eigenvalue weighted by molar-refractivity contribution is -0.140. The molecule has 1 N–H and O–H groups in total. The van der Waals surface area contributed by atoms with Crippen LogP contribution in [-0.4, -0.2) is 46.2 Å². The molecule has 0 aromatic carbocycles. The van der Waals surface area contributed by atoms with Gasteiger partial charge in [0, 0.05) is 19.8 Å². The number of aromatic nitrogens is 1. The molecule has 106 valence electrons. The van der Waals surface area contributed by atoms with E-state index in [9.17, 15) is 22.8 Å². The van der Waals surface area contributed by atoms with Gasteiger partial charge in [-0.1, -0.05) is 0 Å². The Labute approximate surface area is 107 Å². The fourth-order valence-corrected chi connectivity index (χ4v) is 1.50.